The molecule has 0 saturated carbocycles. The molecule has 4 heteroatoms. The predicted molar refractivity (Wildman–Crippen MR) is 101 cm³/mol. The van der Waals surface area contributed by atoms with Crippen molar-refractivity contribution in [2.45, 2.75) is 26.3 Å². The maximum absolute atomic E-state index is 12.5. The first kappa shape index (κ1) is 17.5. The first-order valence-electron chi connectivity index (χ1n) is 8.87. The topological polar surface area (TPSA) is 41.6 Å². The van der Waals surface area contributed by atoms with E-state index in [-0.39, 0.29) is 11.8 Å². The number of ether oxygens (including phenoxy) is 1. The number of carbonyl (C=O) groups is 1. The van der Waals surface area contributed by atoms with Crippen molar-refractivity contribution in [1.82, 2.24) is 4.90 Å². The summed E-state index contributed by atoms with van der Waals surface area (Å²) in [6, 6.07) is 16.2. The molecule has 2 aromatic carbocycles. The molecular formula is C21H26N2O2. The van der Waals surface area contributed by atoms with Crippen LogP contribution in [0.4, 0.5) is 5.69 Å². The minimum atomic E-state index is 0.0991. The van der Waals surface area contributed by atoms with Gasteiger partial charge in [-0.3, -0.25) is 9.69 Å². The van der Waals surface area contributed by atoms with E-state index in [4.69, 9.17) is 4.74 Å². The molecule has 3 rings (SSSR count). The molecule has 0 bridgehead atoms. The average Bonchev–Trinajstić information content (AvgIpc) is 2.62. The Morgan fingerprint density at radius 3 is 2.64 bits per heavy atom. The van der Waals surface area contributed by atoms with E-state index in [1.807, 2.05) is 43.3 Å². The predicted octanol–water partition coefficient (Wildman–Crippen LogP) is 3.85. The van der Waals surface area contributed by atoms with Gasteiger partial charge >= 0.3 is 0 Å². The van der Waals surface area contributed by atoms with Crippen LogP contribution in [0, 0.1) is 12.8 Å². The summed E-state index contributed by atoms with van der Waals surface area (Å²) in [5.74, 6) is 1.14. The number of hydrogen-bond acceptors (Lipinski definition) is 3. The zero-order chi connectivity index (χ0) is 17.6. The van der Waals surface area contributed by atoms with Crippen LogP contribution in [0.1, 0.15) is 24.0 Å². The molecule has 1 saturated heterocycles. The van der Waals surface area contributed by atoms with Crippen molar-refractivity contribution in [1.29, 1.82) is 0 Å². The number of piperidine rings is 1. The molecule has 1 fully saturated rings. The number of nitrogens with one attached hydrogen (secondary N) is 1. The second-order valence-corrected chi connectivity index (χ2v) is 6.76. The molecule has 0 radical (unpaired) electrons. The van der Waals surface area contributed by atoms with Gasteiger partial charge in [0.05, 0.1) is 7.11 Å². The number of hydrogen-bond donors (Lipinski definition) is 1. The van der Waals surface area contributed by atoms with Crippen LogP contribution < -0.4 is 10.1 Å². The monoisotopic (exact) mass is 338 g/mol. The highest BCUT2D eigenvalue weighted by atomic mass is 16.5. The fourth-order valence-corrected chi connectivity index (χ4v) is 3.35. The van der Waals surface area contributed by atoms with E-state index in [1.165, 1.54) is 5.56 Å². The van der Waals surface area contributed by atoms with Gasteiger partial charge in [-0.2, -0.15) is 0 Å². The molecule has 0 aromatic heterocycles. The quantitative estimate of drug-likeness (QED) is 0.900. The summed E-state index contributed by atoms with van der Waals surface area (Å²) in [4.78, 5) is 14.9. The number of carbonyl (C=O) groups excluding carboxylic acids is 1. The summed E-state index contributed by atoms with van der Waals surface area (Å²) in [6.45, 7) is 4.84. The van der Waals surface area contributed by atoms with Crippen molar-refractivity contribution in [2.75, 3.05) is 25.5 Å². The van der Waals surface area contributed by atoms with Crippen molar-refractivity contribution in [3.05, 3.63) is 59.7 Å². The molecule has 25 heavy (non-hydrogen) atoms. The highest BCUT2D eigenvalue weighted by Crippen LogP contribution is 2.22. The van der Waals surface area contributed by atoms with Crippen LogP contribution in [0.3, 0.4) is 0 Å². The third-order valence-electron chi connectivity index (χ3n) is 4.78. The van der Waals surface area contributed by atoms with Crippen LogP contribution in [0.2, 0.25) is 0 Å². The van der Waals surface area contributed by atoms with Gasteiger partial charge in [-0.15, -0.1) is 0 Å². The minimum absolute atomic E-state index is 0.0991. The van der Waals surface area contributed by atoms with E-state index in [1.54, 1.807) is 7.11 Å². The molecule has 1 aliphatic rings. The number of nitrogens with zero attached hydrogens (tertiary/aromatic N) is 1. The molecule has 0 aliphatic carbocycles. The molecular weight excluding hydrogens is 312 g/mol. The molecule has 1 heterocycles. The maximum atomic E-state index is 12.5. The summed E-state index contributed by atoms with van der Waals surface area (Å²) >= 11 is 0. The smallest absolute Gasteiger partial charge is 0.227 e. The number of methoxy groups -OCH3 is 1. The van der Waals surface area contributed by atoms with Gasteiger partial charge in [0.1, 0.15) is 5.75 Å². The fraction of sp³-hybridized carbons (Fsp3) is 0.381. The fourth-order valence-electron chi connectivity index (χ4n) is 3.35. The second-order valence-electron chi connectivity index (χ2n) is 6.76. The Morgan fingerprint density at radius 2 is 1.92 bits per heavy atom. The lowest BCUT2D eigenvalue weighted by atomic mass is 9.95. The Morgan fingerprint density at radius 1 is 1.16 bits per heavy atom. The highest BCUT2D eigenvalue weighted by molar-refractivity contribution is 5.92. The number of aryl methyl sites for hydroxylation is 1. The molecule has 1 amide bonds. The van der Waals surface area contributed by atoms with Crippen LogP contribution >= 0.6 is 0 Å². The molecule has 1 aliphatic heterocycles. The number of benzene rings is 2. The molecule has 132 valence electrons. The maximum Gasteiger partial charge on any atom is 0.227 e. The molecule has 0 spiro atoms. The zero-order valence-electron chi connectivity index (χ0n) is 15.0. The SMILES string of the molecule is COc1cccc(CN2CCC(C(=O)Nc3cccc(C)c3)CC2)c1. The van der Waals surface area contributed by atoms with Gasteiger partial charge in [0.25, 0.3) is 0 Å². The number of likely N-dealkylation sites (tertiary alicyclic amines) is 1. The normalized spacial score (nSPS) is 15.8. The Labute approximate surface area is 149 Å². The molecule has 0 unspecified atom stereocenters. The number of anilines is 1. The van der Waals surface area contributed by atoms with Crippen molar-refractivity contribution >= 4 is 11.6 Å². The van der Waals surface area contributed by atoms with Crippen molar-refractivity contribution in [3.63, 3.8) is 0 Å². The lowest BCUT2D eigenvalue weighted by molar-refractivity contribution is -0.121. The second kappa shape index (κ2) is 8.17. The van der Waals surface area contributed by atoms with E-state index in [9.17, 15) is 4.79 Å². The first-order valence-corrected chi connectivity index (χ1v) is 8.87. The lowest BCUT2D eigenvalue weighted by Gasteiger charge is -2.31. The van der Waals surface area contributed by atoms with Gasteiger partial charge in [0.2, 0.25) is 5.91 Å². The Hall–Kier alpha value is -2.33. The summed E-state index contributed by atoms with van der Waals surface area (Å²) < 4.78 is 5.29. The van der Waals surface area contributed by atoms with Crippen LogP contribution in [-0.2, 0) is 11.3 Å². The average molecular weight is 338 g/mol. The summed E-state index contributed by atoms with van der Waals surface area (Å²) in [6.07, 6.45) is 1.81. The van der Waals surface area contributed by atoms with Crippen molar-refractivity contribution < 1.29 is 9.53 Å². The molecule has 2 aromatic rings. The van der Waals surface area contributed by atoms with Gasteiger partial charge in [-0.25, -0.2) is 0 Å². The van der Waals surface area contributed by atoms with Gasteiger partial charge in [0.15, 0.2) is 0 Å². The number of amides is 1. The van der Waals surface area contributed by atoms with Gasteiger partial charge in [-0.1, -0.05) is 24.3 Å². The number of rotatable bonds is 5. The summed E-state index contributed by atoms with van der Waals surface area (Å²) in [5.41, 5.74) is 3.30. The highest BCUT2D eigenvalue weighted by Gasteiger charge is 2.25. The zero-order valence-corrected chi connectivity index (χ0v) is 15.0. The largest absolute Gasteiger partial charge is 0.497 e. The summed E-state index contributed by atoms with van der Waals surface area (Å²) in [7, 11) is 1.69. The van der Waals surface area contributed by atoms with Crippen LogP contribution in [-0.4, -0.2) is 31.0 Å². The summed E-state index contributed by atoms with van der Waals surface area (Å²) in [5, 5.41) is 3.06. The van der Waals surface area contributed by atoms with Crippen molar-refractivity contribution in [2.24, 2.45) is 5.92 Å². The van der Waals surface area contributed by atoms with Crippen LogP contribution in [0.5, 0.6) is 5.75 Å². The third-order valence-corrected chi connectivity index (χ3v) is 4.78. The molecule has 1 N–H and O–H groups in total. The van der Waals surface area contributed by atoms with E-state index < -0.39 is 0 Å². The molecule has 4 nitrogen and oxygen atoms in total. The standard InChI is InChI=1S/C21H26N2O2/c1-16-5-3-7-19(13-16)22-21(24)18-9-11-23(12-10-18)15-17-6-4-8-20(14-17)25-2/h3-8,13-14,18H,9-12,15H2,1-2H3,(H,22,24). The third kappa shape index (κ3) is 4.83. The lowest BCUT2D eigenvalue weighted by Crippen LogP contribution is -2.37. The van der Waals surface area contributed by atoms with E-state index in [0.717, 1.165) is 49.5 Å². The Kier molecular flexibility index (Phi) is 5.71. The van der Waals surface area contributed by atoms with E-state index >= 15 is 0 Å². The molecule has 0 atom stereocenters. The van der Waals surface area contributed by atoms with Crippen LogP contribution in [0.25, 0.3) is 0 Å². The van der Waals surface area contributed by atoms with Crippen molar-refractivity contribution in [3.8, 4) is 5.75 Å². The Balaban J connectivity index is 1.50. The van der Waals surface area contributed by atoms with Crippen LogP contribution in [0.15, 0.2) is 48.5 Å². The van der Waals surface area contributed by atoms with Gasteiger partial charge < -0.3 is 10.1 Å². The van der Waals surface area contributed by atoms with E-state index in [2.05, 4.69) is 22.3 Å². The van der Waals surface area contributed by atoms with E-state index in [0.29, 0.717) is 0 Å². The first-order chi connectivity index (χ1) is 12.1. The van der Waals surface area contributed by atoms with Gasteiger partial charge in [-0.05, 0) is 68.2 Å². The Bertz CT molecular complexity index is 721. The minimum Gasteiger partial charge on any atom is -0.497 e. The van der Waals surface area contributed by atoms with Gasteiger partial charge in [0, 0.05) is 18.2 Å².